The van der Waals surface area contributed by atoms with Crippen molar-refractivity contribution < 1.29 is 9.53 Å². The Balaban J connectivity index is 2.16. The zero-order valence-corrected chi connectivity index (χ0v) is 9.69. The second kappa shape index (κ2) is 6.36. The van der Waals surface area contributed by atoms with Crippen molar-refractivity contribution >= 4 is 17.4 Å². The maximum Gasteiger partial charge on any atom is 0.315 e. The highest BCUT2D eigenvalue weighted by molar-refractivity contribution is 7.09. The molecule has 0 fully saturated rings. The van der Waals surface area contributed by atoms with E-state index in [2.05, 4.69) is 15.6 Å². The monoisotopic (exact) mass is 229 g/mol. The highest BCUT2D eigenvalue weighted by Gasteiger charge is 2.01. The van der Waals surface area contributed by atoms with Crippen LogP contribution in [0.3, 0.4) is 0 Å². The van der Waals surface area contributed by atoms with Crippen molar-refractivity contribution in [2.75, 3.05) is 20.3 Å². The maximum absolute atomic E-state index is 11.2. The molecule has 0 aliphatic heterocycles. The van der Waals surface area contributed by atoms with E-state index < -0.39 is 0 Å². The fourth-order valence-electron chi connectivity index (χ4n) is 0.989. The summed E-state index contributed by atoms with van der Waals surface area (Å²) in [4.78, 5) is 15.4. The molecule has 15 heavy (non-hydrogen) atoms. The van der Waals surface area contributed by atoms with Gasteiger partial charge < -0.3 is 15.4 Å². The van der Waals surface area contributed by atoms with E-state index in [-0.39, 0.29) is 6.03 Å². The number of nitrogens with zero attached hydrogens (tertiary/aromatic N) is 1. The maximum atomic E-state index is 11.2. The highest BCUT2D eigenvalue weighted by atomic mass is 32.1. The molecule has 0 atom stereocenters. The van der Waals surface area contributed by atoms with Crippen molar-refractivity contribution in [3.63, 3.8) is 0 Å². The first-order valence-corrected chi connectivity index (χ1v) is 5.52. The Morgan fingerprint density at radius 2 is 2.40 bits per heavy atom. The molecule has 0 aliphatic rings. The van der Waals surface area contributed by atoms with Gasteiger partial charge in [-0.05, 0) is 6.92 Å². The van der Waals surface area contributed by atoms with Crippen molar-refractivity contribution in [2.24, 2.45) is 0 Å². The minimum atomic E-state index is -0.197. The van der Waals surface area contributed by atoms with Crippen molar-refractivity contribution in [2.45, 2.75) is 13.5 Å². The van der Waals surface area contributed by atoms with Crippen LogP contribution in [0.2, 0.25) is 0 Å². The molecular weight excluding hydrogens is 214 g/mol. The van der Waals surface area contributed by atoms with E-state index in [4.69, 9.17) is 4.74 Å². The van der Waals surface area contributed by atoms with Crippen LogP contribution in [0, 0.1) is 6.92 Å². The summed E-state index contributed by atoms with van der Waals surface area (Å²) in [6.45, 7) is 3.43. The zero-order chi connectivity index (χ0) is 11.1. The highest BCUT2D eigenvalue weighted by Crippen LogP contribution is 2.06. The van der Waals surface area contributed by atoms with Crippen molar-refractivity contribution in [1.29, 1.82) is 0 Å². The van der Waals surface area contributed by atoms with Crippen LogP contribution in [0.4, 0.5) is 4.79 Å². The molecule has 0 bridgehead atoms. The number of rotatable bonds is 5. The summed E-state index contributed by atoms with van der Waals surface area (Å²) in [6.07, 6.45) is 0. The van der Waals surface area contributed by atoms with Gasteiger partial charge in [-0.3, -0.25) is 0 Å². The van der Waals surface area contributed by atoms with Gasteiger partial charge in [0.05, 0.1) is 23.9 Å². The Kier molecular flexibility index (Phi) is 5.06. The van der Waals surface area contributed by atoms with E-state index in [0.29, 0.717) is 19.7 Å². The van der Waals surface area contributed by atoms with Crippen molar-refractivity contribution in [3.05, 3.63) is 16.1 Å². The van der Waals surface area contributed by atoms with Gasteiger partial charge in [0.2, 0.25) is 0 Å². The predicted octanol–water partition coefficient (Wildman–Crippen LogP) is 0.897. The molecule has 1 rings (SSSR count). The van der Waals surface area contributed by atoms with Gasteiger partial charge in [0.15, 0.2) is 0 Å². The molecule has 0 radical (unpaired) electrons. The van der Waals surface area contributed by atoms with Crippen LogP contribution in [0.5, 0.6) is 0 Å². The van der Waals surface area contributed by atoms with Gasteiger partial charge in [-0.25, -0.2) is 9.78 Å². The fraction of sp³-hybridized carbons (Fsp3) is 0.556. The molecule has 1 aromatic rings. The third kappa shape index (κ3) is 4.75. The molecule has 0 aromatic carbocycles. The van der Waals surface area contributed by atoms with Gasteiger partial charge in [0.1, 0.15) is 0 Å². The molecule has 0 saturated carbocycles. The van der Waals surface area contributed by atoms with Gasteiger partial charge in [-0.2, -0.15) is 0 Å². The normalized spacial score (nSPS) is 10.0. The van der Waals surface area contributed by atoms with Gasteiger partial charge in [-0.1, -0.05) is 0 Å². The number of amides is 2. The first kappa shape index (κ1) is 11.9. The second-order valence-electron chi connectivity index (χ2n) is 2.96. The number of aromatic nitrogens is 1. The third-order valence-electron chi connectivity index (χ3n) is 1.69. The van der Waals surface area contributed by atoms with Gasteiger partial charge >= 0.3 is 6.03 Å². The Labute approximate surface area is 92.9 Å². The average Bonchev–Trinajstić information content (AvgIpc) is 2.62. The molecule has 0 spiro atoms. The number of thiazole rings is 1. The van der Waals surface area contributed by atoms with E-state index in [0.717, 1.165) is 10.7 Å². The molecule has 84 valence electrons. The SMILES string of the molecule is COCCNC(=O)NCc1csc(C)n1. The summed E-state index contributed by atoms with van der Waals surface area (Å²) >= 11 is 1.57. The third-order valence-corrected chi connectivity index (χ3v) is 2.51. The lowest BCUT2D eigenvalue weighted by Gasteiger charge is -2.05. The van der Waals surface area contributed by atoms with Crippen molar-refractivity contribution in [1.82, 2.24) is 15.6 Å². The fourth-order valence-corrected chi connectivity index (χ4v) is 1.60. The van der Waals surface area contributed by atoms with E-state index in [1.807, 2.05) is 12.3 Å². The summed E-state index contributed by atoms with van der Waals surface area (Å²) in [5.41, 5.74) is 0.888. The van der Waals surface area contributed by atoms with Gasteiger partial charge in [-0.15, -0.1) is 11.3 Å². The Hall–Kier alpha value is -1.14. The quantitative estimate of drug-likeness (QED) is 0.737. The molecule has 2 N–H and O–H groups in total. The Morgan fingerprint density at radius 3 is 3.00 bits per heavy atom. The zero-order valence-electron chi connectivity index (χ0n) is 8.87. The second-order valence-corrected chi connectivity index (χ2v) is 4.02. The van der Waals surface area contributed by atoms with Crippen LogP contribution in [0.15, 0.2) is 5.38 Å². The summed E-state index contributed by atoms with van der Waals surface area (Å²) in [6, 6.07) is -0.197. The summed E-state index contributed by atoms with van der Waals surface area (Å²) < 4.78 is 4.81. The first-order valence-electron chi connectivity index (χ1n) is 4.64. The first-order chi connectivity index (χ1) is 7.22. The summed E-state index contributed by atoms with van der Waals surface area (Å²) in [5.74, 6) is 0. The minimum absolute atomic E-state index is 0.197. The number of hydrogen-bond donors (Lipinski definition) is 2. The minimum Gasteiger partial charge on any atom is -0.383 e. The number of aryl methyl sites for hydroxylation is 1. The van der Waals surface area contributed by atoms with Crippen LogP contribution in [-0.4, -0.2) is 31.3 Å². The Bertz CT molecular complexity index is 314. The molecule has 2 amide bonds. The smallest absolute Gasteiger partial charge is 0.315 e. The lowest BCUT2D eigenvalue weighted by atomic mass is 10.5. The van der Waals surface area contributed by atoms with Gasteiger partial charge in [0.25, 0.3) is 0 Å². The van der Waals surface area contributed by atoms with E-state index >= 15 is 0 Å². The van der Waals surface area contributed by atoms with E-state index in [1.165, 1.54) is 0 Å². The predicted molar refractivity (Wildman–Crippen MR) is 59.0 cm³/mol. The van der Waals surface area contributed by atoms with E-state index in [1.54, 1.807) is 18.4 Å². The number of hydrogen-bond acceptors (Lipinski definition) is 4. The molecule has 1 aromatic heterocycles. The lowest BCUT2D eigenvalue weighted by molar-refractivity contribution is 0.196. The number of carbonyl (C=O) groups is 1. The van der Waals surface area contributed by atoms with Crippen LogP contribution in [-0.2, 0) is 11.3 Å². The lowest BCUT2D eigenvalue weighted by Crippen LogP contribution is -2.36. The number of methoxy groups -OCH3 is 1. The van der Waals surface area contributed by atoms with Gasteiger partial charge in [0, 0.05) is 19.0 Å². The largest absolute Gasteiger partial charge is 0.383 e. The molecule has 1 heterocycles. The summed E-state index contributed by atoms with van der Waals surface area (Å²) in [7, 11) is 1.59. The number of carbonyl (C=O) groups excluding carboxylic acids is 1. The van der Waals surface area contributed by atoms with Crippen LogP contribution in [0.25, 0.3) is 0 Å². The summed E-state index contributed by atoms with van der Waals surface area (Å²) in [5, 5.41) is 8.31. The molecular formula is C9H15N3O2S. The molecule has 5 nitrogen and oxygen atoms in total. The number of nitrogens with one attached hydrogen (secondary N) is 2. The van der Waals surface area contributed by atoms with E-state index in [9.17, 15) is 4.79 Å². The Morgan fingerprint density at radius 1 is 1.60 bits per heavy atom. The van der Waals surface area contributed by atoms with Crippen LogP contribution >= 0.6 is 11.3 Å². The average molecular weight is 229 g/mol. The molecule has 0 aliphatic carbocycles. The molecule has 6 heteroatoms. The standard InChI is InChI=1S/C9H15N3O2S/c1-7-12-8(6-15-7)5-11-9(13)10-3-4-14-2/h6H,3-5H2,1-2H3,(H2,10,11,13). The number of ether oxygens (including phenoxy) is 1. The van der Waals surface area contributed by atoms with Crippen molar-refractivity contribution in [3.8, 4) is 0 Å². The molecule has 0 saturated heterocycles. The van der Waals surface area contributed by atoms with Crippen LogP contribution < -0.4 is 10.6 Å². The molecule has 0 unspecified atom stereocenters. The topological polar surface area (TPSA) is 63.2 Å². The van der Waals surface area contributed by atoms with Crippen LogP contribution in [0.1, 0.15) is 10.7 Å². The number of urea groups is 1.